The number of nitrogens with zero attached hydrogens (tertiary/aromatic N) is 4. The lowest BCUT2D eigenvalue weighted by atomic mass is 9.94. The highest BCUT2D eigenvalue weighted by Crippen LogP contribution is 2.42. The summed E-state index contributed by atoms with van der Waals surface area (Å²) in [6.07, 6.45) is 0. The fraction of sp³-hybridized carbons (Fsp3) is 0.238. The van der Waals surface area contributed by atoms with Gasteiger partial charge < -0.3 is 20.5 Å². The first-order valence-electron chi connectivity index (χ1n) is 9.68. The average molecular weight is 485 g/mol. The molecule has 0 aliphatic carbocycles. The fourth-order valence-corrected chi connectivity index (χ4v) is 4.01. The van der Waals surface area contributed by atoms with E-state index in [9.17, 15) is 9.90 Å². The van der Waals surface area contributed by atoms with Gasteiger partial charge in [0, 0.05) is 11.4 Å². The van der Waals surface area contributed by atoms with Crippen molar-refractivity contribution in [2.24, 2.45) is 0 Å². The van der Waals surface area contributed by atoms with Crippen molar-refractivity contribution in [1.82, 2.24) is 20.2 Å². The number of fused-ring (bicyclic) bond motifs is 1. The first kappa shape index (κ1) is 20.9. The fourth-order valence-electron chi connectivity index (χ4n) is 3.55. The number of amides is 1. The van der Waals surface area contributed by atoms with Crippen molar-refractivity contribution in [3.8, 4) is 11.5 Å². The lowest BCUT2D eigenvalue weighted by molar-refractivity contribution is -0.113. The molecule has 0 radical (unpaired) electrons. The van der Waals surface area contributed by atoms with Crippen molar-refractivity contribution in [3.63, 3.8) is 0 Å². The van der Waals surface area contributed by atoms with Crippen LogP contribution in [0.1, 0.15) is 31.0 Å². The van der Waals surface area contributed by atoms with E-state index in [0.717, 1.165) is 5.56 Å². The molecule has 1 atom stereocenters. The number of carbonyl (C=O) groups excluding carboxylic acids is 1. The molecule has 1 aliphatic rings. The van der Waals surface area contributed by atoms with E-state index in [1.165, 1.54) is 4.68 Å². The molecule has 4 rings (SSSR count). The summed E-state index contributed by atoms with van der Waals surface area (Å²) < 4.78 is 7.55. The van der Waals surface area contributed by atoms with E-state index in [-0.39, 0.29) is 11.7 Å². The monoisotopic (exact) mass is 484 g/mol. The molecule has 2 heterocycles. The number of phenols is 1. The molecule has 1 amide bonds. The lowest BCUT2D eigenvalue weighted by Gasteiger charge is -2.28. The number of hydrogen-bond donors (Lipinski definition) is 3. The van der Waals surface area contributed by atoms with Gasteiger partial charge in [-0.1, -0.05) is 17.2 Å². The van der Waals surface area contributed by atoms with Crippen molar-refractivity contribution in [2.45, 2.75) is 26.8 Å². The van der Waals surface area contributed by atoms with Gasteiger partial charge in [0.25, 0.3) is 5.91 Å². The van der Waals surface area contributed by atoms with Gasteiger partial charge in [-0.2, -0.15) is 4.68 Å². The summed E-state index contributed by atoms with van der Waals surface area (Å²) >= 11 is 3.37. The molecule has 0 spiro atoms. The molecule has 1 aliphatic heterocycles. The highest BCUT2D eigenvalue weighted by Gasteiger charge is 2.35. The van der Waals surface area contributed by atoms with Crippen LogP contribution in [0.25, 0.3) is 0 Å². The molecule has 3 aromatic rings. The normalized spacial score (nSPS) is 15.3. The van der Waals surface area contributed by atoms with E-state index in [1.807, 2.05) is 38.1 Å². The first-order chi connectivity index (χ1) is 14.9. The third-order valence-corrected chi connectivity index (χ3v) is 5.51. The number of aromatic hydroxyl groups is 1. The van der Waals surface area contributed by atoms with Crippen LogP contribution >= 0.6 is 15.9 Å². The van der Waals surface area contributed by atoms with Crippen molar-refractivity contribution < 1.29 is 14.6 Å². The van der Waals surface area contributed by atoms with Crippen LogP contribution in [0.2, 0.25) is 0 Å². The Balaban J connectivity index is 1.81. The summed E-state index contributed by atoms with van der Waals surface area (Å²) in [6, 6.07) is 10.4. The van der Waals surface area contributed by atoms with Crippen molar-refractivity contribution in [3.05, 3.63) is 63.3 Å². The number of nitrogens with one attached hydrogen (secondary N) is 2. The number of halogens is 1. The van der Waals surface area contributed by atoms with E-state index in [1.54, 1.807) is 19.1 Å². The topological polar surface area (TPSA) is 114 Å². The molecule has 0 saturated carbocycles. The van der Waals surface area contributed by atoms with Gasteiger partial charge in [0.2, 0.25) is 5.95 Å². The summed E-state index contributed by atoms with van der Waals surface area (Å²) in [5.74, 6) is 0.416. The Labute approximate surface area is 187 Å². The maximum Gasteiger partial charge on any atom is 0.255 e. The number of tetrazole rings is 1. The number of anilines is 2. The molecule has 160 valence electrons. The van der Waals surface area contributed by atoms with Crippen LogP contribution in [0.3, 0.4) is 0 Å². The summed E-state index contributed by atoms with van der Waals surface area (Å²) in [6.45, 7) is 5.97. The number of phenolic OH excluding ortho intramolecular Hbond substituents is 1. The highest BCUT2D eigenvalue weighted by atomic mass is 79.9. The van der Waals surface area contributed by atoms with Crippen LogP contribution in [-0.2, 0) is 4.79 Å². The minimum Gasteiger partial charge on any atom is -0.503 e. The largest absolute Gasteiger partial charge is 0.503 e. The summed E-state index contributed by atoms with van der Waals surface area (Å²) in [7, 11) is 0. The van der Waals surface area contributed by atoms with E-state index in [2.05, 4.69) is 42.1 Å². The zero-order valence-electron chi connectivity index (χ0n) is 17.2. The van der Waals surface area contributed by atoms with E-state index in [0.29, 0.717) is 45.3 Å². The van der Waals surface area contributed by atoms with Gasteiger partial charge in [0.1, 0.15) is 6.04 Å². The number of rotatable bonds is 5. The second kappa shape index (κ2) is 8.38. The van der Waals surface area contributed by atoms with E-state index < -0.39 is 6.04 Å². The quantitative estimate of drug-likeness (QED) is 0.504. The van der Waals surface area contributed by atoms with Gasteiger partial charge >= 0.3 is 0 Å². The Kier molecular flexibility index (Phi) is 5.64. The summed E-state index contributed by atoms with van der Waals surface area (Å²) in [5.41, 5.74) is 3.47. The molecular formula is C21H21BrN6O3. The number of aryl methyl sites for hydroxylation is 1. The minimum atomic E-state index is -0.632. The molecule has 2 aromatic carbocycles. The summed E-state index contributed by atoms with van der Waals surface area (Å²) in [4.78, 5) is 13.4. The van der Waals surface area contributed by atoms with Crippen LogP contribution in [0.5, 0.6) is 11.5 Å². The second-order valence-corrected chi connectivity index (χ2v) is 7.97. The lowest BCUT2D eigenvalue weighted by Crippen LogP contribution is -2.31. The van der Waals surface area contributed by atoms with Crippen molar-refractivity contribution >= 4 is 33.5 Å². The number of hydrogen-bond acceptors (Lipinski definition) is 7. The van der Waals surface area contributed by atoms with Gasteiger partial charge in [0.05, 0.1) is 16.7 Å². The maximum absolute atomic E-state index is 13.4. The van der Waals surface area contributed by atoms with Gasteiger partial charge in [0.15, 0.2) is 11.5 Å². The zero-order chi connectivity index (χ0) is 22.1. The smallest absolute Gasteiger partial charge is 0.255 e. The van der Waals surface area contributed by atoms with Crippen molar-refractivity contribution in [1.29, 1.82) is 0 Å². The standard InChI is InChI=1S/C21H21BrN6O3/c1-4-31-16-10-13(9-15(22)19(16)29)18-17(12(3)23-21-25-26-27-28(18)21)20(30)24-14-7-5-6-11(2)8-14/h5-10,18,29H,4H2,1-3H3,(H,24,30)(H,23,25,27). The molecule has 31 heavy (non-hydrogen) atoms. The molecule has 10 heteroatoms. The zero-order valence-corrected chi connectivity index (χ0v) is 18.8. The maximum atomic E-state index is 13.4. The molecule has 0 bridgehead atoms. The Bertz CT molecular complexity index is 1190. The van der Waals surface area contributed by atoms with Crippen LogP contribution in [0.4, 0.5) is 11.6 Å². The second-order valence-electron chi connectivity index (χ2n) is 7.12. The third kappa shape index (κ3) is 3.98. The number of allylic oxidation sites excluding steroid dienone is 1. The Hall–Kier alpha value is -3.40. The molecule has 9 nitrogen and oxygen atoms in total. The van der Waals surface area contributed by atoms with Crippen LogP contribution in [-0.4, -0.2) is 37.8 Å². The van der Waals surface area contributed by atoms with Crippen LogP contribution in [0.15, 0.2) is 52.1 Å². The van der Waals surface area contributed by atoms with Gasteiger partial charge in [-0.15, -0.1) is 0 Å². The van der Waals surface area contributed by atoms with Gasteiger partial charge in [-0.05, 0) is 82.5 Å². The predicted octanol–water partition coefficient (Wildman–Crippen LogP) is 3.78. The SMILES string of the molecule is CCOc1cc(C2C(C(=O)Nc3cccc(C)c3)=C(C)Nc3nnnn32)cc(Br)c1O. The molecule has 0 saturated heterocycles. The van der Waals surface area contributed by atoms with Gasteiger partial charge in [-0.3, -0.25) is 4.79 Å². The van der Waals surface area contributed by atoms with Gasteiger partial charge in [-0.25, -0.2) is 0 Å². The molecule has 0 fully saturated rings. The number of benzene rings is 2. The molecular weight excluding hydrogens is 464 g/mol. The minimum absolute atomic E-state index is 0.0112. The van der Waals surface area contributed by atoms with E-state index >= 15 is 0 Å². The Morgan fingerprint density at radius 1 is 1.32 bits per heavy atom. The highest BCUT2D eigenvalue weighted by molar-refractivity contribution is 9.10. The average Bonchev–Trinajstić information content (AvgIpc) is 3.18. The third-order valence-electron chi connectivity index (χ3n) is 4.90. The molecule has 3 N–H and O–H groups in total. The Morgan fingerprint density at radius 3 is 2.87 bits per heavy atom. The number of carbonyl (C=O) groups is 1. The first-order valence-corrected chi connectivity index (χ1v) is 10.5. The Morgan fingerprint density at radius 2 is 2.13 bits per heavy atom. The number of aromatic nitrogens is 4. The number of ether oxygens (including phenoxy) is 1. The molecule has 1 unspecified atom stereocenters. The van der Waals surface area contributed by atoms with Crippen molar-refractivity contribution in [2.75, 3.05) is 17.2 Å². The van der Waals surface area contributed by atoms with Crippen LogP contribution < -0.4 is 15.4 Å². The predicted molar refractivity (Wildman–Crippen MR) is 119 cm³/mol. The van der Waals surface area contributed by atoms with Crippen LogP contribution in [0, 0.1) is 6.92 Å². The molecule has 1 aromatic heterocycles. The van der Waals surface area contributed by atoms with E-state index in [4.69, 9.17) is 4.74 Å². The summed E-state index contributed by atoms with van der Waals surface area (Å²) in [5, 5.41) is 28.2.